The lowest BCUT2D eigenvalue weighted by atomic mass is 9.99. The van der Waals surface area contributed by atoms with Crippen LogP contribution >= 0.6 is 0 Å². The molecule has 1 heteroatoms. The van der Waals surface area contributed by atoms with Gasteiger partial charge in [0.05, 0.1) is 0 Å². The molecule has 1 aromatic rings. The van der Waals surface area contributed by atoms with Gasteiger partial charge < -0.3 is 4.74 Å². The van der Waals surface area contributed by atoms with Crippen molar-refractivity contribution in [1.29, 1.82) is 0 Å². The number of benzene rings is 1. The smallest absolute Gasteiger partial charge is 0.121 e. The average molecular weight is 228 g/mol. The van der Waals surface area contributed by atoms with Crippen LogP contribution in [0.1, 0.15) is 31.4 Å². The second kappa shape index (κ2) is 4.79. The Morgan fingerprint density at radius 2 is 1.76 bits per heavy atom. The Morgan fingerprint density at radius 3 is 2.41 bits per heavy atom. The maximum absolute atomic E-state index is 5.99. The Hall–Kier alpha value is -1.50. The summed E-state index contributed by atoms with van der Waals surface area (Å²) in [6.45, 7) is 8.53. The summed E-state index contributed by atoms with van der Waals surface area (Å²) in [5.74, 6) is 0.968. The summed E-state index contributed by atoms with van der Waals surface area (Å²) in [5, 5.41) is 0. The Bertz CT molecular complexity index is 480. The predicted octanol–water partition coefficient (Wildman–Crippen LogP) is 4.35. The van der Waals surface area contributed by atoms with Crippen molar-refractivity contribution in [2.75, 3.05) is 0 Å². The van der Waals surface area contributed by atoms with Crippen molar-refractivity contribution in [3.05, 3.63) is 52.6 Å². The molecule has 0 N–H and O–H groups in total. The largest absolute Gasteiger partial charge is 0.486 e. The third kappa shape index (κ3) is 2.79. The summed E-state index contributed by atoms with van der Waals surface area (Å²) in [6, 6.07) is 6.28. The summed E-state index contributed by atoms with van der Waals surface area (Å²) in [5.41, 5.74) is 5.28. The first kappa shape index (κ1) is 12.0. The third-order valence-electron chi connectivity index (χ3n) is 3.48. The van der Waals surface area contributed by atoms with E-state index in [0.717, 1.165) is 12.2 Å². The van der Waals surface area contributed by atoms with Gasteiger partial charge in [-0.05, 0) is 62.6 Å². The van der Waals surface area contributed by atoms with Gasteiger partial charge in [-0.15, -0.1) is 0 Å². The van der Waals surface area contributed by atoms with Gasteiger partial charge in [-0.1, -0.05) is 17.7 Å². The molecule has 0 radical (unpaired) electrons. The second-order valence-electron chi connectivity index (χ2n) is 4.87. The number of aryl methyl sites for hydroxylation is 2. The van der Waals surface area contributed by atoms with Crippen molar-refractivity contribution in [2.24, 2.45) is 0 Å². The van der Waals surface area contributed by atoms with Crippen molar-refractivity contribution in [2.45, 2.75) is 40.2 Å². The SMILES string of the molecule is CC1=CCC(Oc2ccc(C)c(C)c2)C=C1C. The van der Waals surface area contributed by atoms with Crippen LogP contribution in [-0.4, -0.2) is 6.10 Å². The zero-order valence-electron chi connectivity index (χ0n) is 11.1. The first-order chi connectivity index (χ1) is 8.06. The van der Waals surface area contributed by atoms with Crippen LogP contribution in [0, 0.1) is 13.8 Å². The molecular formula is C16H20O. The number of hydrogen-bond acceptors (Lipinski definition) is 1. The molecule has 1 atom stereocenters. The van der Waals surface area contributed by atoms with E-state index in [1.54, 1.807) is 0 Å². The lowest BCUT2D eigenvalue weighted by Crippen LogP contribution is -2.16. The monoisotopic (exact) mass is 228 g/mol. The second-order valence-corrected chi connectivity index (χ2v) is 4.87. The minimum absolute atomic E-state index is 0.181. The maximum Gasteiger partial charge on any atom is 0.121 e. The molecule has 17 heavy (non-hydrogen) atoms. The molecule has 0 aliphatic heterocycles. The molecule has 0 heterocycles. The van der Waals surface area contributed by atoms with Gasteiger partial charge in [-0.25, -0.2) is 0 Å². The van der Waals surface area contributed by atoms with Crippen LogP contribution in [0.5, 0.6) is 5.75 Å². The lowest BCUT2D eigenvalue weighted by molar-refractivity contribution is 0.250. The van der Waals surface area contributed by atoms with E-state index in [1.165, 1.54) is 22.3 Å². The van der Waals surface area contributed by atoms with Gasteiger partial charge in [0.15, 0.2) is 0 Å². The van der Waals surface area contributed by atoms with Crippen molar-refractivity contribution in [3.8, 4) is 5.75 Å². The van der Waals surface area contributed by atoms with E-state index in [4.69, 9.17) is 4.74 Å². The van der Waals surface area contributed by atoms with E-state index < -0.39 is 0 Å². The molecule has 0 aromatic heterocycles. The van der Waals surface area contributed by atoms with E-state index in [1.807, 2.05) is 0 Å². The van der Waals surface area contributed by atoms with Gasteiger partial charge in [-0.3, -0.25) is 0 Å². The van der Waals surface area contributed by atoms with Crippen LogP contribution in [0.2, 0.25) is 0 Å². The van der Waals surface area contributed by atoms with Gasteiger partial charge in [0.25, 0.3) is 0 Å². The van der Waals surface area contributed by atoms with Gasteiger partial charge in [-0.2, -0.15) is 0 Å². The van der Waals surface area contributed by atoms with Gasteiger partial charge in [0.2, 0.25) is 0 Å². The Kier molecular flexibility index (Phi) is 3.37. The molecule has 0 amide bonds. The highest BCUT2D eigenvalue weighted by Crippen LogP contribution is 2.23. The molecule has 0 bridgehead atoms. The average Bonchev–Trinajstić information content (AvgIpc) is 2.29. The van der Waals surface area contributed by atoms with Crippen molar-refractivity contribution < 1.29 is 4.74 Å². The van der Waals surface area contributed by atoms with Crippen LogP contribution in [0.25, 0.3) is 0 Å². The van der Waals surface area contributed by atoms with E-state index in [0.29, 0.717) is 0 Å². The van der Waals surface area contributed by atoms with Crippen LogP contribution in [0.3, 0.4) is 0 Å². The Morgan fingerprint density at radius 1 is 1.00 bits per heavy atom. The molecule has 1 nitrogen and oxygen atoms in total. The van der Waals surface area contributed by atoms with E-state index in [-0.39, 0.29) is 6.10 Å². The third-order valence-corrected chi connectivity index (χ3v) is 3.48. The van der Waals surface area contributed by atoms with Gasteiger partial charge in [0.1, 0.15) is 11.9 Å². The molecule has 90 valence electrons. The Balaban J connectivity index is 2.10. The van der Waals surface area contributed by atoms with Crippen molar-refractivity contribution in [3.63, 3.8) is 0 Å². The first-order valence-electron chi connectivity index (χ1n) is 6.16. The molecule has 0 fully saturated rings. The molecular weight excluding hydrogens is 208 g/mol. The first-order valence-corrected chi connectivity index (χ1v) is 6.16. The molecule has 1 aromatic carbocycles. The van der Waals surface area contributed by atoms with E-state index in [2.05, 4.69) is 58.0 Å². The predicted molar refractivity (Wildman–Crippen MR) is 72.5 cm³/mol. The highest BCUT2D eigenvalue weighted by molar-refractivity contribution is 5.36. The topological polar surface area (TPSA) is 9.23 Å². The molecule has 0 saturated heterocycles. The molecule has 1 aliphatic rings. The highest BCUT2D eigenvalue weighted by atomic mass is 16.5. The fraction of sp³-hybridized carbons (Fsp3) is 0.375. The molecule has 2 rings (SSSR count). The van der Waals surface area contributed by atoms with Gasteiger partial charge >= 0.3 is 0 Å². The number of hydrogen-bond donors (Lipinski definition) is 0. The number of rotatable bonds is 2. The normalized spacial score (nSPS) is 19.6. The Labute approximate surface area is 104 Å². The van der Waals surface area contributed by atoms with Crippen LogP contribution in [-0.2, 0) is 0 Å². The summed E-state index contributed by atoms with van der Waals surface area (Å²) in [7, 11) is 0. The van der Waals surface area contributed by atoms with E-state index >= 15 is 0 Å². The number of allylic oxidation sites excluding steroid dienone is 2. The lowest BCUT2D eigenvalue weighted by Gasteiger charge is -2.20. The fourth-order valence-electron chi connectivity index (χ4n) is 1.98. The fourth-order valence-corrected chi connectivity index (χ4v) is 1.98. The van der Waals surface area contributed by atoms with Gasteiger partial charge in [0, 0.05) is 6.42 Å². The van der Waals surface area contributed by atoms with Crippen molar-refractivity contribution >= 4 is 0 Å². The molecule has 0 spiro atoms. The van der Waals surface area contributed by atoms with Crippen LogP contribution < -0.4 is 4.74 Å². The molecule has 0 saturated carbocycles. The summed E-state index contributed by atoms with van der Waals surface area (Å²) in [4.78, 5) is 0. The zero-order valence-corrected chi connectivity index (χ0v) is 11.1. The summed E-state index contributed by atoms with van der Waals surface area (Å²) >= 11 is 0. The van der Waals surface area contributed by atoms with E-state index in [9.17, 15) is 0 Å². The quantitative estimate of drug-likeness (QED) is 0.731. The number of ether oxygens (including phenoxy) is 1. The highest BCUT2D eigenvalue weighted by Gasteiger charge is 2.12. The maximum atomic E-state index is 5.99. The standard InChI is InChI=1S/C16H20O/c1-11-5-7-15(9-13(11)3)17-16-8-6-12(2)14(4)10-16/h5-7,9-10,16H,8H2,1-4H3. The molecule has 1 unspecified atom stereocenters. The van der Waals surface area contributed by atoms with Crippen LogP contribution in [0.4, 0.5) is 0 Å². The summed E-state index contributed by atoms with van der Waals surface area (Å²) < 4.78 is 5.99. The molecule has 1 aliphatic carbocycles. The minimum atomic E-state index is 0.181. The minimum Gasteiger partial charge on any atom is -0.486 e. The summed E-state index contributed by atoms with van der Waals surface area (Å²) in [6.07, 6.45) is 5.61. The van der Waals surface area contributed by atoms with Crippen LogP contribution in [0.15, 0.2) is 41.5 Å². The van der Waals surface area contributed by atoms with Crippen molar-refractivity contribution in [1.82, 2.24) is 0 Å². The zero-order chi connectivity index (χ0) is 12.4.